The first-order valence-electron chi connectivity index (χ1n) is 10.0. The van der Waals surface area contributed by atoms with Gasteiger partial charge in [0, 0.05) is 12.1 Å². The minimum atomic E-state index is -0.402. The summed E-state index contributed by atoms with van der Waals surface area (Å²) in [5.41, 5.74) is 6.52. The van der Waals surface area contributed by atoms with Gasteiger partial charge in [0.05, 0.1) is 13.2 Å². The van der Waals surface area contributed by atoms with Crippen molar-refractivity contribution < 1.29 is 9.53 Å². The summed E-state index contributed by atoms with van der Waals surface area (Å²) in [5, 5.41) is 11.8. The lowest BCUT2D eigenvalue weighted by Crippen LogP contribution is -2.41. The third kappa shape index (κ3) is 4.00. The van der Waals surface area contributed by atoms with Crippen LogP contribution in [-0.4, -0.2) is 33.1 Å². The predicted molar refractivity (Wildman–Crippen MR) is 119 cm³/mol. The van der Waals surface area contributed by atoms with Crippen LogP contribution >= 0.6 is 11.8 Å². The number of aromatic nitrogens is 3. The van der Waals surface area contributed by atoms with E-state index in [-0.39, 0.29) is 11.9 Å². The zero-order valence-corrected chi connectivity index (χ0v) is 18.1. The summed E-state index contributed by atoms with van der Waals surface area (Å²) in [4.78, 5) is 13.3. The summed E-state index contributed by atoms with van der Waals surface area (Å²) in [6.45, 7) is 4.17. The smallest absolute Gasteiger partial charge is 0.240 e. The SMILES string of the molecule is CCc1ccc([C@H]2Nn3c(CC)nnc3S[C@@H]2C(=O)Nc2ccc(OC)cc2)cc1. The number of aryl methyl sites for hydroxylation is 2. The van der Waals surface area contributed by atoms with Crippen molar-refractivity contribution in [2.45, 2.75) is 43.1 Å². The molecule has 2 heterocycles. The van der Waals surface area contributed by atoms with E-state index in [1.165, 1.54) is 17.3 Å². The quantitative estimate of drug-likeness (QED) is 0.628. The van der Waals surface area contributed by atoms with Crippen molar-refractivity contribution in [3.05, 3.63) is 65.5 Å². The zero-order chi connectivity index (χ0) is 21.1. The average Bonchev–Trinajstić information content (AvgIpc) is 3.21. The molecule has 1 aromatic heterocycles. The summed E-state index contributed by atoms with van der Waals surface area (Å²) in [6, 6.07) is 15.5. The summed E-state index contributed by atoms with van der Waals surface area (Å²) in [6.07, 6.45) is 1.73. The number of nitrogens with zero attached hydrogens (tertiary/aromatic N) is 3. The first-order valence-corrected chi connectivity index (χ1v) is 10.9. The Labute approximate surface area is 180 Å². The first-order chi connectivity index (χ1) is 14.6. The van der Waals surface area contributed by atoms with Crippen molar-refractivity contribution in [2.24, 2.45) is 0 Å². The molecule has 1 aliphatic rings. The van der Waals surface area contributed by atoms with Crippen LogP contribution in [0.4, 0.5) is 5.69 Å². The van der Waals surface area contributed by atoms with Gasteiger partial charge in [-0.1, -0.05) is 49.9 Å². The number of rotatable bonds is 6. The van der Waals surface area contributed by atoms with Crippen molar-refractivity contribution in [3.63, 3.8) is 0 Å². The maximum absolute atomic E-state index is 13.3. The molecular weight excluding hydrogens is 398 g/mol. The van der Waals surface area contributed by atoms with Gasteiger partial charge in [0.1, 0.15) is 11.0 Å². The van der Waals surface area contributed by atoms with Crippen LogP contribution in [0.15, 0.2) is 53.7 Å². The van der Waals surface area contributed by atoms with Crippen LogP contribution < -0.4 is 15.5 Å². The van der Waals surface area contributed by atoms with Gasteiger partial charge in [-0.3, -0.25) is 4.79 Å². The highest BCUT2D eigenvalue weighted by atomic mass is 32.2. The Balaban J connectivity index is 1.63. The van der Waals surface area contributed by atoms with E-state index in [0.717, 1.165) is 35.7 Å². The Morgan fingerprint density at radius 3 is 2.47 bits per heavy atom. The molecule has 3 aromatic rings. The van der Waals surface area contributed by atoms with E-state index in [4.69, 9.17) is 4.74 Å². The number of benzene rings is 2. The van der Waals surface area contributed by atoms with Gasteiger partial charge in [-0.2, -0.15) is 0 Å². The Morgan fingerprint density at radius 2 is 1.83 bits per heavy atom. The molecule has 1 amide bonds. The largest absolute Gasteiger partial charge is 0.497 e. The lowest BCUT2D eigenvalue weighted by Gasteiger charge is -2.33. The molecule has 0 aliphatic carbocycles. The van der Waals surface area contributed by atoms with E-state index >= 15 is 0 Å². The van der Waals surface area contributed by atoms with Gasteiger partial charge in [0.2, 0.25) is 11.1 Å². The molecule has 2 aromatic carbocycles. The highest BCUT2D eigenvalue weighted by Crippen LogP contribution is 2.37. The number of anilines is 1. The van der Waals surface area contributed by atoms with E-state index in [1.54, 1.807) is 7.11 Å². The lowest BCUT2D eigenvalue weighted by molar-refractivity contribution is -0.116. The van der Waals surface area contributed by atoms with Gasteiger partial charge in [-0.05, 0) is 41.8 Å². The Hall–Kier alpha value is -3.00. The van der Waals surface area contributed by atoms with E-state index < -0.39 is 5.25 Å². The monoisotopic (exact) mass is 423 g/mol. The van der Waals surface area contributed by atoms with Crippen LogP contribution in [0.25, 0.3) is 0 Å². The second-order valence-corrected chi connectivity index (χ2v) is 8.15. The second kappa shape index (κ2) is 8.79. The van der Waals surface area contributed by atoms with Crippen molar-refractivity contribution in [2.75, 3.05) is 17.9 Å². The fourth-order valence-corrected chi connectivity index (χ4v) is 4.52. The molecule has 0 bridgehead atoms. The fraction of sp³-hybridized carbons (Fsp3) is 0.318. The van der Waals surface area contributed by atoms with Crippen molar-refractivity contribution in [3.8, 4) is 5.75 Å². The topological polar surface area (TPSA) is 81.1 Å². The number of nitrogens with one attached hydrogen (secondary N) is 2. The van der Waals surface area contributed by atoms with Crippen molar-refractivity contribution >= 4 is 23.4 Å². The molecule has 0 radical (unpaired) electrons. The van der Waals surface area contributed by atoms with Crippen molar-refractivity contribution in [1.29, 1.82) is 0 Å². The highest BCUT2D eigenvalue weighted by Gasteiger charge is 2.37. The molecule has 1 aliphatic heterocycles. The van der Waals surface area contributed by atoms with Crippen LogP contribution in [0.5, 0.6) is 5.75 Å². The number of carbonyl (C=O) groups is 1. The maximum atomic E-state index is 13.3. The molecule has 156 valence electrons. The molecular formula is C22H25N5O2S. The molecule has 8 heteroatoms. The molecule has 30 heavy (non-hydrogen) atoms. The third-order valence-electron chi connectivity index (χ3n) is 5.18. The maximum Gasteiger partial charge on any atom is 0.240 e. The number of carbonyl (C=O) groups excluding carboxylic acids is 1. The molecule has 7 nitrogen and oxygen atoms in total. The van der Waals surface area contributed by atoms with Gasteiger partial charge < -0.3 is 15.5 Å². The number of ether oxygens (including phenoxy) is 1. The van der Waals surface area contributed by atoms with E-state index in [9.17, 15) is 4.79 Å². The van der Waals surface area contributed by atoms with Gasteiger partial charge in [0.25, 0.3) is 0 Å². The Bertz CT molecular complexity index is 1020. The normalized spacial score (nSPS) is 17.7. The van der Waals surface area contributed by atoms with Crippen LogP contribution in [0.3, 0.4) is 0 Å². The Morgan fingerprint density at radius 1 is 1.10 bits per heavy atom. The summed E-state index contributed by atoms with van der Waals surface area (Å²) in [5.74, 6) is 1.51. The highest BCUT2D eigenvalue weighted by molar-refractivity contribution is 8.00. The standard InChI is InChI=1S/C22H25N5O2S/c1-4-14-6-8-15(9-7-14)19-20(30-22-25-24-18(5-2)27(22)26-19)21(28)23-16-10-12-17(29-3)13-11-16/h6-13,19-20,26H,4-5H2,1-3H3,(H,23,28)/t19-,20+/m1/s1. The number of thioether (sulfide) groups is 1. The summed E-state index contributed by atoms with van der Waals surface area (Å²) in [7, 11) is 1.62. The van der Waals surface area contributed by atoms with Crippen LogP contribution in [0, 0.1) is 0 Å². The number of hydrogen-bond acceptors (Lipinski definition) is 6. The van der Waals surface area contributed by atoms with Crippen LogP contribution in [-0.2, 0) is 17.6 Å². The first kappa shape index (κ1) is 20.3. The molecule has 2 atom stereocenters. The predicted octanol–water partition coefficient (Wildman–Crippen LogP) is 3.81. The zero-order valence-electron chi connectivity index (χ0n) is 17.3. The molecule has 0 spiro atoms. The summed E-state index contributed by atoms with van der Waals surface area (Å²) >= 11 is 1.43. The van der Waals surface area contributed by atoms with Crippen molar-refractivity contribution in [1.82, 2.24) is 14.9 Å². The molecule has 0 fully saturated rings. The Kier molecular flexibility index (Phi) is 5.94. The minimum Gasteiger partial charge on any atom is -0.497 e. The van der Waals surface area contributed by atoms with Gasteiger partial charge in [-0.15, -0.1) is 10.2 Å². The van der Waals surface area contributed by atoms with Gasteiger partial charge in [-0.25, -0.2) is 4.68 Å². The van der Waals surface area contributed by atoms with Crippen LogP contribution in [0.2, 0.25) is 0 Å². The van der Waals surface area contributed by atoms with E-state index in [0.29, 0.717) is 5.16 Å². The van der Waals surface area contributed by atoms with Gasteiger partial charge >= 0.3 is 0 Å². The molecule has 0 saturated carbocycles. The minimum absolute atomic E-state index is 0.0884. The average molecular weight is 424 g/mol. The second-order valence-electron chi connectivity index (χ2n) is 7.05. The number of amides is 1. The fourth-order valence-electron chi connectivity index (χ4n) is 3.43. The molecule has 4 rings (SSSR count). The number of hydrogen-bond donors (Lipinski definition) is 2. The molecule has 0 saturated heterocycles. The van der Waals surface area contributed by atoms with Crippen LogP contribution in [0.1, 0.15) is 36.8 Å². The number of fused-ring (bicyclic) bond motifs is 1. The summed E-state index contributed by atoms with van der Waals surface area (Å²) < 4.78 is 7.09. The molecule has 0 unspecified atom stereocenters. The molecule has 2 N–H and O–H groups in total. The van der Waals surface area contributed by atoms with Gasteiger partial charge in [0.15, 0.2) is 5.82 Å². The lowest BCUT2D eigenvalue weighted by atomic mass is 10.0. The van der Waals surface area contributed by atoms with E-state index in [2.05, 4.69) is 52.1 Å². The van der Waals surface area contributed by atoms with E-state index in [1.807, 2.05) is 35.9 Å². The number of methoxy groups -OCH3 is 1. The third-order valence-corrected chi connectivity index (χ3v) is 6.40.